The number of carbonyl (C=O) groups excluding carboxylic acids is 1. The Morgan fingerprint density at radius 3 is 2.68 bits per heavy atom. The molecule has 0 bridgehead atoms. The number of likely N-dealkylation sites (tertiary alicyclic amines) is 1. The quantitative estimate of drug-likeness (QED) is 0.803. The first kappa shape index (κ1) is 13.4. The lowest BCUT2D eigenvalue weighted by molar-refractivity contribution is -0.126. The van der Waals surface area contributed by atoms with E-state index in [0.717, 1.165) is 38.4 Å². The molecule has 1 aliphatic carbocycles. The van der Waals surface area contributed by atoms with Gasteiger partial charge in [0.15, 0.2) is 0 Å². The van der Waals surface area contributed by atoms with E-state index in [0.29, 0.717) is 24.0 Å². The summed E-state index contributed by atoms with van der Waals surface area (Å²) in [5.41, 5.74) is 0. The van der Waals surface area contributed by atoms with Gasteiger partial charge in [0.2, 0.25) is 5.91 Å². The second-order valence-corrected chi connectivity index (χ2v) is 6.79. The molecule has 0 radical (unpaired) electrons. The summed E-state index contributed by atoms with van der Waals surface area (Å²) >= 11 is 0. The van der Waals surface area contributed by atoms with E-state index >= 15 is 0 Å². The zero-order valence-corrected chi connectivity index (χ0v) is 12.2. The van der Waals surface area contributed by atoms with E-state index in [4.69, 9.17) is 0 Å². The summed E-state index contributed by atoms with van der Waals surface area (Å²) in [6.07, 6.45) is 5.82. The summed E-state index contributed by atoms with van der Waals surface area (Å²) in [5, 5.41) is 6.71. The number of rotatable bonds is 3. The molecule has 2 heterocycles. The van der Waals surface area contributed by atoms with Gasteiger partial charge in [-0.05, 0) is 52.5 Å². The molecule has 19 heavy (non-hydrogen) atoms. The highest BCUT2D eigenvalue weighted by molar-refractivity contribution is 5.79. The molecular weight excluding hydrogens is 238 g/mol. The maximum absolute atomic E-state index is 12.3. The van der Waals surface area contributed by atoms with Gasteiger partial charge in [-0.25, -0.2) is 0 Å². The van der Waals surface area contributed by atoms with Gasteiger partial charge >= 0.3 is 0 Å². The highest BCUT2D eigenvalue weighted by Gasteiger charge is 2.39. The van der Waals surface area contributed by atoms with Crippen LogP contribution in [0.2, 0.25) is 0 Å². The van der Waals surface area contributed by atoms with E-state index in [1.54, 1.807) is 0 Å². The lowest BCUT2D eigenvalue weighted by Gasteiger charge is -2.28. The minimum Gasteiger partial charge on any atom is -0.352 e. The van der Waals surface area contributed by atoms with E-state index in [9.17, 15) is 4.79 Å². The molecule has 108 valence electrons. The number of hydrogen-bond donors (Lipinski definition) is 2. The summed E-state index contributed by atoms with van der Waals surface area (Å²) in [4.78, 5) is 14.9. The van der Waals surface area contributed by atoms with Crippen LogP contribution in [-0.2, 0) is 4.79 Å². The van der Waals surface area contributed by atoms with Crippen molar-refractivity contribution >= 4 is 5.91 Å². The summed E-state index contributed by atoms with van der Waals surface area (Å²) < 4.78 is 0. The van der Waals surface area contributed by atoms with Crippen LogP contribution >= 0.6 is 0 Å². The molecule has 3 aliphatic rings. The van der Waals surface area contributed by atoms with E-state index in [1.807, 2.05) is 0 Å². The number of nitrogens with one attached hydrogen (secondary N) is 2. The molecule has 2 aliphatic heterocycles. The number of hydrogen-bond acceptors (Lipinski definition) is 3. The summed E-state index contributed by atoms with van der Waals surface area (Å²) in [6.45, 7) is 6.52. The third-order valence-corrected chi connectivity index (χ3v) is 4.98. The van der Waals surface area contributed by atoms with Crippen LogP contribution < -0.4 is 10.6 Å². The Kier molecular flexibility index (Phi) is 3.81. The molecule has 0 aromatic heterocycles. The van der Waals surface area contributed by atoms with Crippen molar-refractivity contribution in [2.75, 3.05) is 13.1 Å². The average molecular weight is 265 g/mol. The van der Waals surface area contributed by atoms with E-state index in [1.165, 1.54) is 12.8 Å². The summed E-state index contributed by atoms with van der Waals surface area (Å²) in [5.74, 6) is 0.518. The largest absolute Gasteiger partial charge is 0.352 e. The van der Waals surface area contributed by atoms with Crippen molar-refractivity contribution in [3.05, 3.63) is 0 Å². The fourth-order valence-corrected chi connectivity index (χ4v) is 3.76. The van der Waals surface area contributed by atoms with Crippen LogP contribution in [0, 0.1) is 5.92 Å². The Morgan fingerprint density at radius 1 is 1.21 bits per heavy atom. The Hall–Kier alpha value is -0.610. The maximum Gasteiger partial charge on any atom is 0.223 e. The highest BCUT2D eigenvalue weighted by atomic mass is 16.2. The van der Waals surface area contributed by atoms with Gasteiger partial charge in [0.1, 0.15) is 0 Å². The molecule has 4 atom stereocenters. The molecule has 0 aromatic carbocycles. The van der Waals surface area contributed by atoms with Crippen molar-refractivity contribution in [3.8, 4) is 0 Å². The number of piperidine rings is 1. The van der Waals surface area contributed by atoms with Crippen LogP contribution in [0.15, 0.2) is 0 Å². The second-order valence-electron chi connectivity index (χ2n) is 6.79. The third-order valence-electron chi connectivity index (χ3n) is 4.98. The van der Waals surface area contributed by atoms with Gasteiger partial charge in [-0.15, -0.1) is 0 Å². The van der Waals surface area contributed by atoms with Gasteiger partial charge in [0, 0.05) is 36.6 Å². The summed E-state index contributed by atoms with van der Waals surface area (Å²) in [7, 11) is 0. The molecule has 3 fully saturated rings. The van der Waals surface area contributed by atoms with Crippen molar-refractivity contribution in [1.29, 1.82) is 0 Å². The van der Waals surface area contributed by atoms with Crippen LogP contribution in [0.1, 0.15) is 46.0 Å². The fraction of sp³-hybridized carbons (Fsp3) is 0.933. The van der Waals surface area contributed by atoms with E-state index in [-0.39, 0.29) is 5.92 Å². The molecule has 0 spiro atoms. The average Bonchev–Trinajstić information content (AvgIpc) is 3.14. The summed E-state index contributed by atoms with van der Waals surface area (Å²) in [6, 6.07) is 2.32. The van der Waals surface area contributed by atoms with Crippen molar-refractivity contribution in [1.82, 2.24) is 15.5 Å². The number of amides is 1. The zero-order chi connectivity index (χ0) is 13.4. The molecule has 2 N–H and O–H groups in total. The van der Waals surface area contributed by atoms with E-state index in [2.05, 4.69) is 29.4 Å². The second kappa shape index (κ2) is 5.41. The molecule has 1 amide bonds. The molecule has 1 saturated carbocycles. The predicted molar refractivity (Wildman–Crippen MR) is 75.9 cm³/mol. The van der Waals surface area contributed by atoms with Gasteiger partial charge in [-0.2, -0.15) is 0 Å². The minimum atomic E-state index is 0.224. The van der Waals surface area contributed by atoms with Crippen LogP contribution in [0.5, 0.6) is 0 Å². The molecule has 3 rings (SSSR count). The van der Waals surface area contributed by atoms with Crippen molar-refractivity contribution in [3.63, 3.8) is 0 Å². The first-order valence-corrected chi connectivity index (χ1v) is 7.93. The van der Waals surface area contributed by atoms with Crippen LogP contribution in [0.4, 0.5) is 0 Å². The van der Waals surface area contributed by atoms with Gasteiger partial charge in [0.25, 0.3) is 0 Å². The van der Waals surface area contributed by atoms with Crippen molar-refractivity contribution in [2.45, 2.75) is 70.1 Å². The first-order valence-electron chi connectivity index (χ1n) is 7.93. The highest BCUT2D eigenvalue weighted by Crippen LogP contribution is 2.33. The van der Waals surface area contributed by atoms with Crippen LogP contribution in [0.25, 0.3) is 0 Å². The van der Waals surface area contributed by atoms with Crippen molar-refractivity contribution < 1.29 is 4.79 Å². The Morgan fingerprint density at radius 2 is 2.00 bits per heavy atom. The van der Waals surface area contributed by atoms with Crippen molar-refractivity contribution in [2.24, 2.45) is 5.92 Å². The monoisotopic (exact) mass is 265 g/mol. The molecule has 2 unspecified atom stereocenters. The number of carbonyl (C=O) groups is 1. The van der Waals surface area contributed by atoms with Gasteiger partial charge in [0.05, 0.1) is 0 Å². The Labute approximate surface area is 116 Å². The lowest BCUT2D eigenvalue weighted by atomic mass is 9.92. The molecule has 4 nitrogen and oxygen atoms in total. The van der Waals surface area contributed by atoms with Gasteiger partial charge in [-0.3, -0.25) is 9.69 Å². The first-order chi connectivity index (χ1) is 9.13. The molecular formula is C15H27N3O. The predicted octanol–water partition coefficient (Wildman–Crippen LogP) is 1.12. The fourth-order valence-electron chi connectivity index (χ4n) is 3.76. The molecule has 2 saturated heterocycles. The SMILES string of the molecule is CC1CC(NC(=O)[C@H]2CCN[C@@H](C)C2)CN1C1CC1. The van der Waals surface area contributed by atoms with Gasteiger partial charge in [-0.1, -0.05) is 0 Å². The minimum absolute atomic E-state index is 0.224. The molecule has 4 heteroatoms. The Bertz CT molecular complexity index is 342. The van der Waals surface area contributed by atoms with Crippen LogP contribution in [0.3, 0.4) is 0 Å². The number of nitrogens with zero attached hydrogens (tertiary/aromatic N) is 1. The zero-order valence-electron chi connectivity index (χ0n) is 12.2. The van der Waals surface area contributed by atoms with E-state index < -0.39 is 0 Å². The maximum atomic E-state index is 12.3. The topological polar surface area (TPSA) is 44.4 Å². The standard InChI is InChI=1S/C15H27N3O/c1-10-7-12(5-6-16-10)15(19)17-13-8-11(2)18(9-13)14-3-4-14/h10-14,16H,3-9H2,1-2H3,(H,17,19)/t10-,11?,12-,13?/m0/s1. The molecule has 0 aromatic rings. The lowest BCUT2D eigenvalue weighted by Crippen LogP contribution is -2.46. The third kappa shape index (κ3) is 3.11. The normalized spacial score (nSPS) is 40.3. The van der Waals surface area contributed by atoms with Crippen LogP contribution in [-0.4, -0.2) is 48.1 Å². The Balaban J connectivity index is 1.49. The smallest absolute Gasteiger partial charge is 0.223 e. The van der Waals surface area contributed by atoms with Gasteiger partial charge < -0.3 is 10.6 Å².